The number of hydrogen-bond acceptors (Lipinski definition) is 4. The summed E-state index contributed by atoms with van der Waals surface area (Å²) < 4.78 is 11.3. The van der Waals surface area contributed by atoms with Gasteiger partial charge < -0.3 is 19.8 Å². The number of carbonyl (C=O) groups excluding carboxylic acids is 1. The zero-order valence-electron chi connectivity index (χ0n) is 14.9. The second kappa shape index (κ2) is 7.48. The first-order valence-corrected chi connectivity index (χ1v) is 9.30. The number of amides is 1. The molecule has 0 fully saturated rings. The van der Waals surface area contributed by atoms with E-state index in [0.29, 0.717) is 29.7 Å². The van der Waals surface area contributed by atoms with Crippen molar-refractivity contribution in [3.05, 3.63) is 52.8 Å². The van der Waals surface area contributed by atoms with Crippen LogP contribution in [-0.4, -0.2) is 29.1 Å². The zero-order chi connectivity index (χ0) is 18.8. The quantitative estimate of drug-likeness (QED) is 0.716. The molecule has 0 spiro atoms. The molecule has 2 aromatic carbocycles. The third-order valence-electron chi connectivity index (χ3n) is 4.42. The second-order valence-electron chi connectivity index (χ2n) is 6.56. The molecule has 0 bridgehead atoms. The van der Waals surface area contributed by atoms with Gasteiger partial charge in [0.1, 0.15) is 5.82 Å². The maximum Gasteiger partial charge on any atom is 0.225 e. The molecule has 140 valence electrons. The number of nitrogens with one attached hydrogen (secondary N) is 2. The summed E-state index contributed by atoms with van der Waals surface area (Å²) >= 11 is 6.30. The summed E-state index contributed by atoms with van der Waals surface area (Å²) in [6.07, 6.45) is 0.997. The van der Waals surface area contributed by atoms with E-state index in [1.165, 1.54) is 0 Å². The van der Waals surface area contributed by atoms with Crippen molar-refractivity contribution in [2.24, 2.45) is 0 Å². The first-order chi connectivity index (χ1) is 13.1. The fourth-order valence-corrected chi connectivity index (χ4v) is 3.40. The van der Waals surface area contributed by atoms with Crippen molar-refractivity contribution < 1.29 is 14.3 Å². The molecule has 0 saturated carbocycles. The molecule has 1 aromatic heterocycles. The van der Waals surface area contributed by atoms with Crippen molar-refractivity contribution in [1.29, 1.82) is 0 Å². The highest BCUT2D eigenvalue weighted by molar-refractivity contribution is 6.32. The van der Waals surface area contributed by atoms with Gasteiger partial charge in [-0.3, -0.25) is 4.79 Å². The molecule has 0 aliphatic carbocycles. The Bertz CT molecular complexity index is 953. The Morgan fingerprint density at radius 2 is 2.11 bits per heavy atom. The van der Waals surface area contributed by atoms with Gasteiger partial charge in [0.25, 0.3) is 0 Å². The fourth-order valence-electron chi connectivity index (χ4n) is 3.11. The Hall–Kier alpha value is -2.73. The van der Waals surface area contributed by atoms with Gasteiger partial charge in [-0.05, 0) is 36.8 Å². The van der Waals surface area contributed by atoms with Gasteiger partial charge >= 0.3 is 0 Å². The van der Waals surface area contributed by atoms with Crippen LogP contribution in [0.4, 0.5) is 0 Å². The topological polar surface area (TPSA) is 76.2 Å². The van der Waals surface area contributed by atoms with Crippen LogP contribution in [0.15, 0.2) is 36.4 Å². The van der Waals surface area contributed by atoms with E-state index in [-0.39, 0.29) is 18.4 Å². The predicted molar refractivity (Wildman–Crippen MR) is 103 cm³/mol. The number of benzene rings is 2. The highest BCUT2D eigenvalue weighted by atomic mass is 35.5. The normalized spacial score (nSPS) is 14.6. The molecule has 1 atom stereocenters. The lowest BCUT2D eigenvalue weighted by Gasteiger charge is -2.14. The van der Waals surface area contributed by atoms with Crippen LogP contribution in [0.2, 0.25) is 5.02 Å². The lowest BCUT2D eigenvalue weighted by molar-refractivity contribution is -0.121. The summed E-state index contributed by atoms with van der Waals surface area (Å²) in [6, 6.07) is 11.1. The average molecular weight is 386 g/mol. The molecule has 4 rings (SSSR count). The first-order valence-electron chi connectivity index (χ1n) is 8.92. The Morgan fingerprint density at radius 3 is 2.96 bits per heavy atom. The van der Waals surface area contributed by atoms with Crippen molar-refractivity contribution in [2.75, 3.05) is 13.2 Å². The molecule has 0 saturated heterocycles. The maximum atomic E-state index is 12.5. The van der Waals surface area contributed by atoms with E-state index in [2.05, 4.69) is 15.3 Å². The summed E-state index contributed by atoms with van der Waals surface area (Å²) in [6.45, 7) is 3.04. The number of para-hydroxylation sites is 2. The van der Waals surface area contributed by atoms with Crippen molar-refractivity contribution in [2.45, 2.75) is 25.8 Å². The number of H-pyrrole nitrogens is 1. The smallest absolute Gasteiger partial charge is 0.225 e. The number of fused-ring (bicyclic) bond motifs is 2. The van der Waals surface area contributed by atoms with E-state index in [1.54, 1.807) is 6.07 Å². The minimum absolute atomic E-state index is 0.117. The third kappa shape index (κ3) is 3.85. The molecule has 1 aliphatic heterocycles. The van der Waals surface area contributed by atoms with Gasteiger partial charge in [0.15, 0.2) is 11.5 Å². The van der Waals surface area contributed by atoms with E-state index >= 15 is 0 Å². The Balaban J connectivity index is 1.46. The van der Waals surface area contributed by atoms with Crippen molar-refractivity contribution in [1.82, 2.24) is 15.3 Å². The molecule has 2 N–H and O–H groups in total. The Kier molecular flexibility index (Phi) is 4.90. The molecule has 6 nitrogen and oxygen atoms in total. The predicted octanol–water partition coefficient (Wildman–Crippen LogP) is 3.80. The number of halogens is 1. The van der Waals surface area contributed by atoms with E-state index in [1.807, 2.05) is 37.3 Å². The van der Waals surface area contributed by atoms with Crippen LogP contribution >= 0.6 is 11.6 Å². The highest BCUT2D eigenvalue weighted by Crippen LogP contribution is 2.38. The lowest BCUT2D eigenvalue weighted by Crippen LogP contribution is -2.28. The van der Waals surface area contributed by atoms with Crippen molar-refractivity contribution in [3.63, 3.8) is 0 Å². The fraction of sp³-hybridized carbons (Fsp3) is 0.300. The van der Waals surface area contributed by atoms with Gasteiger partial charge in [-0.1, -0.05) is 23.7 Å². The minimum Gasteiger partial charge on any atom is -0.489 e. The number of aromatic nitrogens is 2. The molecule has 3 aromatic rings. The largest absolute Gasteiger partial charge is 0.489 e. The monoisotopic (exact) mass is 385 g/mol. The van der Waals surface area contributed by atoms with E-state index in [4.69, 9.17) is 21.1 Å². The summed E-state index contributed by atoms with van der Waals surface area (Å²) in [5.41, 5.74) is 2.60. The van der Waals surface area contributed by atoms with Gasteiger partial charge in [-0.25, -0.2) is 4.98 Å². The van der Waals surface area contributed by atoms with Crippen LogP contribution in [-0.2, 0) is 11.2 Å². The number of ether oxygens (including phenoxy) is 2. The van der Waals surface area contributed by atoms with Gasteiger partial charge in [-0.15, -0.1) is 0 Å². The number of carbonyl (C=O) groups is 1. The average Bonchev–Trinajstić information content (AvgIpc) is 2.93. The van der Waals surface area contributed by atoms with Crippen LogP contribution < -0.4 is 14.8 Å². The van der Waals surface area contributed by atoms with Crippen LogP contribution in [0.1, 0.15) is 30.8 Å². The Morgan fingerprint density at radius 1 is 1.30 bits per heavy atom. The third-order valence-corrected chi connectivity index (χ3v) is 4.70. The summed E-state index contributed by atoms with van der Waals surface area (Å²) in [5.74, 6) is 1.75. The van der Waals surface area contributed by atoms with Crippen LogP contribution in [0.5, 0.6) is 11.5 Å². The summed E-state index contributed by atoms with van der Waals surface area (Å²) in [7, 11) is 0. The molecule has 1 aliphatic rings. The summed E-state index contributed by atoms with van der Waals surface area (Å²) in [4.78, 5) is 20.3. The van der Waals surface area contributed by atoms with Gasteiger partial charge in [0.05, 0.1) is 41.7 Å². The van der Waals surface area contributed by atoms with Gasteiger partial charge in [-0.2, -0.15) is 0 Å². The first kappa shape index (κ1) is 17.7. The molecule has 2 heterocycles. The van der Waals surface area contributed by atoms with E-state index < -0.39 is 0 Å². The summed E-state index contributed by atoms with van der Waals surface area (Å²) in [5, 5.41) is 3.43. The highest BCUT2D eigenvalue weighted by Gasteiger charge is 2.18. The molecule has 0 unspecified atom stereocenters. The number of nitrogens with zero attached hydrogens (tertiary/aromatic N) is 1. The second-order valence-corrected chi connectivity index (χ2v) is 6.97. The van der Waals surface area contributed by atoms with Crippen LogP contribution in [0.25, 0.3) is 11.0 Å². The molecular formula is C20H20ClN3O3. The van der Waals surface area contributed by atoms with Crippen molar-refractivity contribution in [3.8, 4) is 11.5 Å². The maximum absolute atomic E-state index is 12.5. The van der Waals surface area contributed by atoms with E-state index in [0.717, 1.165) is 28.8 Å². The minimum atomic E-state index is -0.235. The van der Waals surface area contributed by atoms with Crippen molar-refractivity contribution >= 4 is 28.5 Å². The molecule has 0 radical (unpaired) electrons. The molecular weight excluding hydrogens is 366 g/mol. The number of hydrogen-bond donors (Lipinski definition) is 2. The van der Waals surface area contributed by atoms with Crippen LogP contribution in [0, 0.1) is 0 Å². The Labute approximate surface area is 161 Å². The van der Waals surface area contributed by atoms with Gasteiger partial charge in [0.2, 0.25) is 5.91 Å². The van der Waals surface area contributed by atoms with Crippen LogP contribution in [0.3, 0.4) is 0 Å². The molecule has 7 heteroatoms. The number of rotatable bonds is 4. The molecule has 27 heavy (non-hydrogen) atoms. The van der Waals surface area contributed by atoms with Gasteiger partial charge in [0, 0.05) is 6.42 Å². The number of imidazole rings is 1. The lowest BCUT2D eigenvalue weighted by atomic mass is 10.1. The number of aromatic amines is 1. The standard InChI is InChI=1S/C20H20ClN3O3/c1-12(20-23-15-5-2-3-6-16(15)24-20)22-18(25)11-13-9-14(21)19-17(10-13)26-7-4-8-27-19/h2-3,5-6,9-10,12H,4,7-8,11H2,1H3,(H,22,25)(H,23,24)/t12-/m1/s1. The van der Waals surface area contributed by atoms with E-state index in [9.17, 15) is 4.79 Å². The molecule has 1 amide bonds. The SMILES string of the molecule is C[C@@H](NC(=O)Cc1cc(Cl)c2c(c1)OCCCO2)c1nc2ccccc2[nH]1. The zero-order valence-corrected chi connectivity index (χ0v) is 15.7.